The van der Waals surface area contributed by atoms with Crippen LogP contribution in [0.25, 0.3) is 0 Å². The van der Waals surface area contributed by atoms with E-state index in [-0.39, 0.29) is 11.6 Å². The van der Waals surface area contributed by atoms with E-state index in [1.54, 1.807) is 57.4 Å². The quantitative estimate of drug-likeness (QED) is 0.0553. The molecule has 4 aromatic carbocycles. The molecule has 58 heavy (non-hydrogen) atoms. The molecule has 1 saturated heterocycles. The molecule has 1 aliphatic heterocycles. The number of para-hydroxylation sites is 1. The molecule has 1 aromatic heterocycles. The monoisotopic (exact) mass is 807 g/mol. The standard InChI is InChI=1S/C43H46N5O9P/c1-29(2)55-39(50)30(3)47-58(52,57-35-19-13-8-14-20-35)54-27-36-38(49)42(4,28-44)40(56-36)48-26-25-37(45-41(48)51)46-43(31-15-9-6-10-16-31,32-17-11-7-12-18-32)33-21-23-34(53-5)24-22-33/h6-26,29-30,36,38,40,49H,27H2,1-5H3,(H,47,52)(H,45,46,51)/t30?,36-,38-,40-,42-,58-/m1/s1. The van der Waals surface area contributed by atoms with Crippen molar-refractivity contribution in [3.05, 3.63) is 155 Å². The van der Waals surface area contributed by atoms with E-state index in [0.29, 0.717) is 5.75 Å². The molecule has 14 nitrogen and oxygen atoms in total. The molecule has 3 N–H and O–H groups in total. The third kappa shape index (κ3) is 8.84. The summed E-state index contributed by atoms with van der Waals surface area (Å²) < 4.78 is 43.6. The van der Waals surface area contributed by atoms with Gasteiger partial charge in [-0.05, 0) is 74.7 Å². The third-order valence-electron chi connectivity index (χ3n) is 9.79. The lowest BCUT2D eigenvalue weighted by Crippen LogP contribution is -2.41. The maximum absolute atomic E-state index is 14.1. The van der Waals surface area contributed by atoms with Crippen LogP contribution in [0.3, 0.4) is 0 Å². The van der Waals surface area contributed by atoms with Crippen LogP contribution in [-0.2, 0) is 28.9 Å². The summed E-state index contributed by atoms with van der Waals surface area (Å²) in [5, 5.41) is 28.1. The smallest absolute Gasteiger partial charge is 0.459 e. The highest BCUT2D eigenvalue weighted by atomic mass is 31.2. The summed E-state index contributed by atoms with van der Waals surface area (Å²) in [6.07, 6.45) is -3.13. The lowest BCUT2D eigenvalue weighted by atomic mass is 9.77. The van der Waals surface area contributed by atoms with E-state index < -0.39 is 67.5 Å². The first kappa shape index (κ1) is 41.8. The zero-order chi connectivity index (χ0) is 41.5. The molecular formula is C43H46N5O9P. The molecule has 15 heteroatoms. The van der Waals surface area contributed by atoms with Gasteiger partial charge in [-0.25, -0.2) is 9.36 Å². The van der Waals surface area contributed by atoms with Crippen molar-refractivity contribution in [1.82, 2.24) is 14.6 Å². The molecule has 0 radical (unpaired) electrons. The van der Waals surface area contributed by atoms with Crippen LogP contribution in [0.5, 0.6) is 11.5 Å². The van der Waals surface area contributed by atoms with Crippen molar-refractivity contribution in [2.75, 3.05) is 19.0 Å². The van der Waals surface area contributed by atoms with Crippen LogP contribution in [0.2, 0.25) is 0 Å². The zero-order valence-electron chi connectivity index (χ0n) is 32.7. The number of hydrogen-bond acceptors (Lipinski definition) is 12. The fourth-order valence-electron chi connectivity index (χ4n) is 6.81. The molecule has 302 valence electrons. The number of ether oxygens (including phenoxy) is 3. The fraction of sp³-hybridized carbons (Fsp3) is 0.302. The summed E-state index contributed by atoms with van der Waals surface area (Å²) in [5.74, 6) is 0.379. The number of anilines is 1. The molecule has 0 spiro atoms. The number of methoxy groups -OCH3 is 1. The maximum Gasteiger partial charge on any atom is 0.459 e. The van der Waals surface area contributed by atoms with E-state index in [0.717, 1.165) is 21.3 Å². The Morgan fingerprint density at radius 3 is 2.03 bits per heavy atom. The maximum atomic E-state index is 14.1. The van der Waals surface area contributed by atoms with Gasteiger partial charge in [0, 0.05) is 6.20 Å². The number of aliphatic hydroxyl groups is 1. The molecule has 0 aliphatic carbocycles. The molecule has 2 heterocycles. The average Bonchev–Trinajstić information content (AvgIpc) is 3.48. The number of esters is 1. The van der Waals surface area contributed by atoms with Gasteiger partial charge in [0.1, 0.15) is 46.5 Å². The largest absolute Gasteiger partial charge is 0.497 e. The predicted octanol–water partition coefficient (Wildman–Crippen LogP) is 6.58. The Labute approximate surface area is 336 Å². The van der Waals surface area contributed by atoms with Gasteiger partial charge in [-0.2, -0.15) is 15.3 Å². The Morgan fingerprint density at radius 1 is 0.931 bits per heavy atom. The first-order chi connectivity index (χ1) is 27.8. The molecule has 1 fully saturated rings. The number of aliphatic hydroxyl groups excluding tert-OH is 1. The van der Waals surface area contributed by atoms with Crippen LogP contribution in [0.4, 0.5) is 5.82 Å². The highest BCUT2D eigenvalue weighted by Gasteiger charge is 2.56. The van der Waals surface area contributed by atoms with E-state index in [4.69, 9.17) is 23.3 Å². The normalized spacial score (nSPS) is 20.7. The predicted molar refractivity (Wildman–Crippen MR) is 216 cm³/mol. The molecule has 1 aliphatic rings. The number of hydrogen-bond donors (Lipinski definition) is 3. The Bertz CT molecular complexity index is 2270. The van der Waals surface area contributed by atoms with Crippen LogP contribution < -0.4 is 25.4 Å². The highest BCUT2D eigenvalue weighted by molar-refractivity contribution is 7.52. The minimum Gasteiger partial charge on any atom is -0.497 e. The van der Waals surface area contributed by atoms with Gasteiger partial charge in [-0.1, -0.05) is 91.0 Å². The summed E-state index contributed by atoms with van der Waals surface area (Å²) in [5.41, 5.74) is -0.916. The Balaban J connectivity index is 1.30. The minimum absolute atomic E-state index is 0.178. The van der Waals surface area contributed by atoms with Crippen LogP contribution >= 0.6 is 7.75 Å². The molecule has 5 aromatic rings. The average molecular weight is 808 g/mol. The molecule has 0 amide bonds. The second kappa shape index (κ2) is 17.8. The number of carbonyl (C=O) groups excluding carboxylic acids is 1. The number of nitrogens with one attached hydrogen (secondary N) is 2. The second-order valence-corrected chi connectivity index (χ2v) is 15.9. The zero-order valence-corrected chi connectivity index (χ0v) is 33.6. The van der Waals surface area contributed by atoms with Crippen LogP contribution in [0, 0.1) is 16.7 Å². The van der Waals surface area contributed by atoms with Crippen LogP contribution in [-0.4, -0.2) is 58.7 Å². The lowest BCUT2D eigenvalue weighted by Gasteiger charge is -2.37. The van der Waals surface area contributed by atoms with Crippen LogP contribution in [0.1, 0.15) is 50.6 Å². The van der Waals surface area contributed by atoms with E-state index in [1.165, 1.54) is 20.0 Å². The molecule has 6 rings (SSSR count). The first-order valence-electron chi connectivity index (χ1n) is 18.7. The summed E-state index contributed by atoms with van der Waals surface area (Å²) in [4.78, 5) is 31.0. The first-order valence-corrected chi connectivity index (χ1v) is 20.2. The second-order valence-electron chi connectivity index (χ2n) is 14.2. The van der Waals surface area contributed by atoms with Crippen molar-refractivity contribution in [1.29, 1.82) is 5.26 Å². The van der Waals surface area contributed by atoms with Gasteiger partial charge >= 0.3 is 19.4 Å². The van der Waals surface area contributed by atoms with Crippen molar-refractivity contribution in [3.8, 4) is 17.6 Å². The van der Waals surface area contributed by atoms with Crippen molar-refractivity contribution in [2.24, 2.45) is 5.41 Å². The number of rotatable bonds is 16. The number of benzene rings is 4. The molecular weight excluding hydrogens is 761 g/mol. The van der Waals surface area contributed by atoms with Gasteiger partial charge < -0.3 is 29.2 Å². The summed E-state index contributed by atoms with van der Waals surface area (Å²) in [6.45, 7) is 5.69. The molecule has 0 saturated carbocycles. The van der Waals surface area contributed by atoms with E-state index in [2.05, 4.69) is 21.5 Å². The summed E-state index contributed by atoms with van der Waals surface area (Å²) in [6, 6.07) is 37.8. The molecule has 6 atom stereocenters. The molecule has 0 bridgehead atoms. The minimum atomic E-state index is -4.35. The van der Waals surface area contributed by atoms with Gasteiger partial charge in [-0.3, -0.25) is 13.9 Å². The number of aromatic nitrogens is 2. The molecule has 1 unspecified atom stereocenters. The number of carbonyl (C=O) groups is 1. The van der Waals surface area contributed by atoms with Crippen molar-refractivity contribution in [2.45, 2.75) is 63.8 Å². The summed E-state index contributed by atoms with van der Waals surface area (Å²) >= 11 is 0. The highest BCUT2D eigenvalue weighted by Crippen LogP contribution is 2.49. The van der Waals surface area contributed by atoms with Gasteiger partial charge in [0.2, 0.25) is 0 Å². The Hall–Kier alpha value is -5.81. The number of nitrogens with zero attached hydrogens (tertiary/aromatic N) is 3. The van der Waals surface area contributed by atoms with E-state index in [9.17, 15) is 24.5 Å². The number of nitriles is 1. The SMILES string of the molecule is COc1ccc(C(Nc2ccn([C@@H]3O[C@H](CO[P@](=O)(NC(C)C(=O)OC(C)C)Oc4ccccc4)[C@@H](O)[C@@]3(C)C#N)c(=O)n2)(c2ccccc2)c2ccccc2)cc1. The summed E-state index contributed by atoms with van der Waals surface area (Å²) in [7, 11) is -2.76. The van der Waals surface area contributed by atoms with Crippen LogP contribution in [0.15, 0.2) is 132 Å². The van der Waals surface area contributed by atoms with E-state index in [1.807, 2.05) is 84.9 Å². The lowest BCUT2D eigenvalue weighted by molar-refractivity contribution is -0.149. The Kier molecular flexibility index (Phi) is 12.8. The van der Waals surface area contributed by atoms with Gasteiger partial charge in [0.05, 0.1) is 25.9 Å². The Morgan fingerprint density at radius 2 is 1.50 bits per heavy atom. The van der Waals surface area contributed by atoms with Crippen molar-refractivity contribution < 1.29 is 37.7 Å². The van der Waals surface area contributed by atoms with Gasteiger partial charge in [0.15, 0.2) is 6.23 Å². The van der Waals surface area contributed by atoms with E-state index >= 15 is 0 Å². The fourth-order valence-corrected chi connectivity index (χ4v) is 8.31. The third-order valence-corrected chi connectivity index (χ3v) is 11.4. The van der Waals surface area contributed by atoms with Crippen molar-refractivity contribution in [3.63, 3.8) is 0 Å². The van der Waals surface area contributed by atoms with Crippen molar-refractivity contribution >= 4 is 19.5 Å². The van der Waals surface area contributed by atoms with Gasteiger partial charge in [0.25, 0.3) is 0 Å². The topological polar surface area (TPSA) is 183 Å². The van der Waals surface area contributed by atoms with Gasteiger partial charge in [-0.15, -0.1) is 0 Å².